The van der Waals surface area contributed by atoms with Gasteiger partial charge in [-0.25, -0.2) is 4.79 Å². The van der Waals surface area contributed by atoms with Crippen molar-refractivity contribution in [1.29, 1.82) is 0 Å². The van der Waals surface area contributed by atoms with E-state index in [0.29, 0.717) is 21.3 Å². The molecule has 2 rings (SSSR count). The number of anilines is 1. The fourth-order valence-corrected chi connectivity index (χ4v) is 2.82. The van der Waals surface area contributed by atoms with Crippen LogP contribution in [0.25, 0.3) is 0 Å². The standard InChI is InChI=1S/C16H12F3NO2S2/c17-16(18,19)11-7-5-10(6-8-11)9-24-15(23)20-13-4-2-1-3-12(13)14(21)22/h1-8H,9H2,(H,20,23)(H,21,22). The van der Waals surface area contributed by atoms with Gasteiger partial charge in [0.25, 0.3) is 0 Å². The lowest BCUT2D eigenvalue weighted by Gasteiger charge is -2.11. The number of thioether (sulfide) groups is 1. The molecule has 0 spiro atoms. The molecule has 0 saturated heterocycles. The third kappa shape index (κ3) is 4.97. The molecule has 8 heteroatoms. The van der Waals surface area contributed by atoms with E-state index in [9.17, 15) is 18.0 Å². The number of alkyl halides is 3. The van der Waals surface area contributed by atoms with Gasteiger partial charge in [0, 0.05) is 5.75 Å². The Morgan fingerprint density at radius 3 is 2.33 bits per heavy atom. The van der Waals surface area contributed by atoms with Crippen LogP contribution in [0, 0.1) is 0 Å². The number of benzene rings is 2. The third-order valence-electron chi connectivity index (χ3n) is 3.05. The molecule has 0 heterocycles. The quantitative estimate of drug-likeness (QED) is 0.738. The molecule has 0 unspecified atom stereocenters. The van der Waals surface area contributed by atoms with Crippen LogP contribution in [-0.4, -0.2) is 15.4 Å². The molecule has 0 amide bonds. The lowest BCUT2D eigenvalue weighted by Crippen LogP contribution is -2.10. The van der Waals surface area contributed by atoms with E-state index < -0.39 is 17.7 Å². The van der Waals surface area contributed by atoms with Crippen LogP contribution in [0.15, 0.2) is 48.5 Å². The van der Waals surface area contributed by atoms with Crippen molar-refractivity contribution >= 4 is 40.0 Å². The summed E-state index contributed by atoms with van der Waals surface area (Å²) in [5.74, 6) is -0.701. The van der Waals surface area contributed by atoms with Gasteiger partial charge in [0.1, 0.15) is 4.32 Å². The van der Waals surface area contributed by atoms with Gasteiger partial charge < -0.3 is 10.4 Å². The van der Waals surface area contributed by atoms with Crippen LogP contribution < -0.4 is 5.32 Å². The molecule has 0 aliphatic heterocycles. The Hall–Kier alpha value is -2.06. The number of aromatic carboxylic acids is 1. The zero-order chi connectivity index (χ0) is 17.7. The number of hydrogen-bond donors (Lipinski definition) is 2. The maximum Gasteiger partial charge on any atom is 0.416 e. The van der Waals surface area contributed by atoms with Gasteiger partial charge in [-0.3, -0.25) is 0 Å². The summed E-state index contributed by atoms with van der Waals surface area (Å²) >= 11 is 6.35. The summed E-state index contributed by atoms with van der Waals surface area (Å²) in [4.78, 5) is 11.1. The Balaban J connectivity index is 1.96. The smallest absolute Gasteiger partial charge is 0.416 e. The van der Waals surface area contributed by atoms with Gasteiger partial charge in [-0.2, -0.15) is 13.2 Å². The zero-order valence-corrected chi connectivity index (χ0v) is 13.8. The highest BCUT2D eigenvalue weighted by Crippen LogP contribution is 2.29. The molecule has 2 aromatic carbocycles. The number of para-hydroxylation sites is 1. The highest BCUT2D eigenvalue weighted by atomic mass is 32.2. The molecule has 0 aromatic heterocycles. The third-order valence-corrected chi connectivity index (χ3v) is 4.34. The number of carbonyl (C=O) groups is 1. The summed E-state index contributed by atoms with van der Waals surface area (Å²) in [5.41, 5.74) is 0.445. The predicted octanol–water partition coefficient (Wildman–Crippen LogP) is 5.03. The summed E-state index contributed by atoms with van der Waals surface area (Å²) in [6.45, 7) is 0. The van der Waals surface area contributed by atoms with Gasteiger partial charge >= 0.3 is 12.1 Å². The van der Waals surface area contributed by atoms with Gasteiger partial charge in [0.15, 0.2) is 0 Å². The van der Waals surface area contributed by atoms with Crippen molar-refractivity contribution < 1.29 is 23.1 Å². The van der Waals surface area contributed by atoms with Gasteiger partial charge in [-0.1, -0.05) is 48.2 Å². The number of carboxylic acid groups (broad SMARTS) is 1. The Labute approximate surface area is 145 Å². The van der Waals surface area contributed by atoms with Crippen molar-refractivity contribution in [2.45, 2.75) is 11.9 Å². The number of rotatable bonds is 4. The van der Waals surface area contributed by atoms with Crippen molar-refractivity contribution in [3.63, 3.8) is 0 Å². The van der Waals surface area contributed by atoms with Crippen LogP contribution in [0.1, 0.15) is 21.5 Å². The molecule has 0 radical (unpaired) electrons. The topological polar surface area (TPSA) is 49.3 Å². The van der Waals surface area contributed by atoms with Crippen LogP contribution in [0.2, 0.25) is 0 Å². The van der Waals surface area contributed by atoms with E-state index >= 15 is 0 Å². The zero-order valence-electron chi connectivity index (χ0n) is 12.1. The molecule has 0 aliphatic rings. The highest BCUT2D eigenvalue weighted by molar-refractivity contribution is 8.22. The molecule has 0 aliphatic carbocycles. The molecule has 0 bridgehead atoms. The normalized spacial score (nSPS) is 11.1. The van der Waals surface area contributed by atoms with Gasteiger partial charge in [-0.15, -0.1) is 0 Å². The summed E-state index contributed by atoms with van der Waals surface area (Å²) in [6.07, 6.45) is -4.36. The largest absolute Gasteiger partial charge is 0.478 e. The minimum Gasteiger partial charge on any atom is -0.478 e. The van der Waals surface area contributed by atoms with E-state index in [-0.39, 0.29) is 5.56 Å². The van der Waals surface area contributed by atoms with Crippen LogP contribution >= 0.6 is 24.0 Å². The summed E-state index contributed by atoms with van der Waals surface area (Å²) in [5, 5.41) is 11.9. The minimum absolute atomic E-state index is 0.0926. The van der Waals surface area contributed by atoms with Gasteiger partial charge in [-0.05, 0) is 29.8 Å². The Morgan fingerprint density at radius 1 is 1.12 bits per heavy atom. The average molecular weight is 371 g/mol. The van der Waals surface area contributed by atoms with E-state index in [1.807, 2.05) is 0 Å². The second-order valence-electron chi connectivity index (χ2n) is 4.75. The molecule has 2 N–H and O–H groups in total. The summed E-state index contributed by atoms with van der Waals surface area (Å²) in [6, 6.07) is 11.2. The second kappa shape index (κ2) is 7.67. The van der Waals surface area contributed by atoms with Crippen LogP contribution in [-0.2, 0) is 11.9 Å². The predicted molar refractivity (Wildman–Crippen MR) is 92.4 cm³/mol. The van der Waals surface area contributed by atoms with Crippen molar-refractivity contribution in [1.82, 2.24) is 0 Å². The Morgan fingerprint density at radius 2 is 1.75 bits per heavy atom. The lowest BCUT2D eigenvalue weighted by atomic mass is 10.1. The van der Waals surface area contributed by atoms with Crippen molar-refractivity contribution in [2.75, 3.05) is 5.32 Å². The van der Waals surface area contributed by atoms with Gasteiger partial charge in [0.05, 0.1) is 16.8 Å². The molecule has 2 aromatic rings. The number of carboxylic acids is 1. The molecule has 126 valence electrons. The van der Waals surface area contributed by atoms with E-state index in [1.165, 1.54) is 30.0 Å². The molecule has 0 atom stereocenters. The van der Waals surface area contributed by atoms with Crippen LogP contribution in [0.5, 0.6) is 0 Å². The Bertz CT molecular complexity index is 746. The minimum atomic E-state index is -4.36. The molecule has 0 fully saturated rings. The monoisotopic (exact) mass is 371 g/mol. The maximum absolute atomic E-state index is 12.5. The molecule has 24 heavy (non-hydrogen) atoms. The van der Waals surface area contributed by atoms with E-state index in [1.54, 1.807) is 18.2 Å². The first-order valence-electron chi connectivity index (χ1n) is 6.69. The van der Waals surface area contributed by atoms with E-state index in [4.69, 9.17) is 17.3 Å². The first-order valence-corrected chi connectivity index (χ1v) is 8.09. The first-order chi connectivity index (χ1) is 11.3. The molecule has 3 nitrogen and oxygen atoms in total. The van der Waals surface area contributed by atoms with Crippen molar-refractivity contribution in [3.8, 4) is 0 Å². The lowest BCUT2D eigenvalue weighted by molar-refractivity contribution is -0.137. The van der Waals surface area contributed by atoms with Crippen molar-refractivity contribution in [3.05, 3.63) is 65.2 Å². The molecular weight excluding hydrogens is 359 g/mol. The molecule has 0 saturated carbocycles. The van der Waals surface area contributed by atoms with E-state index in [2.05, 4.69) is 5.32 Å². The fraction of sp³-hybridized carbons (Fsp3) is 0.125. The Kier molecular flexibility index (Phi) is 5.84. The first kappa shape index (κ1) is 18.3. The average Bonchev–Trinajstić information content (AvgIpc) is 2.53. The second-order valence-corrected chi connectivity index (χ2v) is 6.40. The van der Waals surface area contributed by atoms with Crippen LogP contribution in [0.4, 0.5) is 18.9 Å². The van der Waals surface area contributed by atoms with E-state index in [0.717, 1.165) is 12.1 Å². The number of hydrogen-bond acceptors (Lipinski definition) is 3. The number of nitrogens with one attached hydrogen (secondary N) is 1. The highest BCUT2D eigenvalue weighted by Gasteiger charge is 2.29. The van der Waals surface area contributed by atoms with Gasteiger partial charge in [0.2, 0.25) is 0 Å². The van der Waals surface area contributed by atoms with Crippen molar-refractivity contribution in [2.24, 2.45) is 0 Å². The maximum atomic E-state index is 12.5. The fourth-order valence-electron chi connectivity index (χ4n) is 1.86. The number of thiocarbonyl (C=S) groups is 1. The number of halogens is 3. The summed E-state index contributed by atoms with van der Waals surface area (Å²) in [7, 11) is 0. The SMILES string of the molecule is O=C(O)c1ccccc1NC(=S)SCc1ccc(C(F)(F)F)cc1. The van der Waals surface area contributed by atoms with Crippen LogP contribution in [0.3, 0.4) is 0 Å². The summed E-state index contributed by atoms with van der Waals surface area (Å²) < 4.78 is 37.8. The molecular formula is C16H12F3NO2S2.